The molecule has 0 bridgehead atoms. The molecule has 0 atom stereocenters. The van der Waals surface area contributed by atoms with Crippen molar-refractivity contribution in [2.45, 2.75) is 20.4 Å². The number of hydrogen-bond acceptors (Lipinski definition) is 7. The Labute approximate surface area is 187 Å². The van der Waals surface area contributed by atoms with Crippen LogP contribution in [0.2, 0.25) is 0 Å². The van der Waals surface area contributed by atoms with Crippen molar-refractivity contribution in [1.82, 2.24) is 29.1 Å². The molecule has 2 aromatic carbocycles. The Bertz CT molecular complexity index is 1690. The van der Waals surface area contributed by atoms with E-state index in [-0.39, 0.29) is 12.2 Å². The van der Waals surface area contributed by atoms with Crippen LogP contribution >= 0.6 is 0 Å². The Balaban J connectivity index is 1.65. The molecule has 0 saturated heterocycles. The summed E-state index contributed by atoms with van der Waals surface area (Å²) >= 11 is 0. The van der Waals surface area contributed by atoms with Crippen LogP contribution in [0.4, 0.5) is 0 Å². The number of aryl methyl sites for hydroxylation is 2. The number of aromatic nitrogens is 6. The van der Waals surface area contributed by atoms with Crippen LogP contribution in [0.1, 0.15) is 17.0 Å². The third-order valence-corrected chi connectivity index (χ3v) is 5.74. The third-order valence-electron chi connectivity index (χ3n) is 5.74. The summed E-state index contributed by atoms with van der Waals surface area (Å²) < 4.78 is 13.7. The lowest BCUT2D eigenvalue weighted by Gasteiger charge is -2.11. The van der Waals surface area contributed by atoms with Gasteiger partial charge in [-0.3, -0.25) is 0 Å². The number of nitrogens with zero attached hydrogens (tertiary/aromatic N) is 6. The van der Waals surface area contributed by atoms with Gasteiger partial charge in [-0.15, -0.1) is 5.10 Å². The molecule has 0 unspecified atom stereocenters. The maximum atomic E-state index is 13.2. The zero-order chi connectivity index (χ0) is 22.5. The van der Waals surface area contributed by atoms with E-state index in [1.807, 2.05) is 49.4 Å². The van der Waals surface area contributed by atoms with Gasteiger partial charge in [-0.05, 0) is 37.1 Å². The molecule has 0 aliphatic heterocycles. The highest BCUT2D eigenvalue weighted by atomic mass is 16.3. The van der Waals surface area contributed by atoms with Crippen molar-refractivity contribution in [2.75, 3.05) is 0 Å². The number of benzene rings is 2. The minimum absolute atomic E-state index is 0.198. The number of rotatable bonds is 4. The zero-order valence-electron chi connectivity index (χ0n) is 17.9. The van der Waals surface area contributed by atoms with Crippen LogP contribution in [-0.4, -0.2) is 29.1 Å². The molecule has 0 radical (unpaired) electrons. The summed E-state index contributed by atoms with van der Waals surface area (Å²) in [5.74, 6) is 0.647. The fraction of sp³-hybridized carbons (Fsp3) is 0.125. The monoisotopic (exact) mass is 438 g/mol. The molecule has 0 aliphatic carbocycles. The average Bonchev–Trinajstić information content (AvgIpc) is 3.54. The van der Waals surface area contributed by atoms with Crippen LogP contribution in [0.3, 0.4) is 0 Å². The Kier molecular flexibility index (Phi) is 4.22. The van der Waals surface area contributed by atoms with Crippen molar-refractivity contribution in [3.63, 3.8) is 0 Å². The first-order valence-corrected chi connectivity index (χ1v) is 10.4. The quantitative estimate of drug-likeness (QED) is 0.409. The van der Waals surface area contributed by atoms with Crippen LogP contribution in [0, 0.1) is 13.8 Å². The lowest BCUT2D eigenvalue weighted by molar-refractivity contribution is 0.521. The molecule has 9 heteroatoms. The van der Waals surface area contributed by atoms with Gasteiger partial charge in [-0.1, -0.05) is 30.3 Å². The molecule has 9 nitrogen and oxygen atoms in total. The lowest BCUT2D eigenvalue weighted by atomic mass is 9.98. The summed E-state index contributed by atoms with van der Waals surface area (Å²) in [5, 5.41) is 4.69. The van der Waals surface area contributed by atoms with Gasteiger partial charge in [0, 0.05) is 5.56 Å². The maximum Gasteiger partial charge on any atom is 0.351 e. The van der Waals surface area contributed by atoms with Crippen LogP contribution in [0.15, 0.2) is 75.2 Å². The fourth-order valence-corrected chi connectivity index (χ4v) is 4.07. The van der Waals surface area contributed by atoms with Gasteiger partial charge in [-0.25, -0.2) is 28.8 Å². The molecule has 0 saturated carbocycles. The predicted octanol–water partition coefficient (Wildman–Crippen LogP) is 4.02. The molecule has 6 rings (SSSR count). The van der Waals surface area contributed by atoms with Crippen molar-refractivity contribution in [3.8, 4) is 22.4 Å². The number of oxazole rings is 2. The van der Waals surface area contributed by atoms with Crippen LogP contribution in [0.5, 0.6) is 0 Å². The van der Waals surface area contributed by atoms with Crippen molar-refractivity contribution < 1.29 is 8.83 Å². The fourth-order valence-electron chi connectivity index (χ4n) is 4.07. The van der Waals surface area contributed by atoms with E-state index in [2.05, 4.69) is 20.1 Å². The lowest BCUT2D eigenvalue weighted by Crippen LogP contribution is -2.22. The van der Waals surface area contributed by atoms with Gasteiger partial charge in [0.1, 0.15) is 23.3 Å². The van der Waals surface area contributed by atoms with Crippen molar-refractivity contribution in [1.29, 1.82) is 0 Å². The van der Waals surface area contributed by atoms with Gasteiger partial charge in [-0.2, -0.15) is 0 Å². The maximum absolute atomic E-state index is 13.2. The normalized spacial score (nSPS) is 11.6. The van der Waals surface area contributed by atoms with Crippen molar-refractivity contribution >= 4 is 16.7 Å². The minimum Gasteiger partial charge on any atom is -0.448 e. The summed E-state index contributed by atoms with van der Waals surface area (Å²) in [6.45, 7) is 3.98. The van der Waals surface area contributed by atoms with E-state index in [0.29, 0.717) is 22.7 Å². The average molecular weight is 438 g/mol. The topological polar surface area (TPSA) is 104 Å². The van der Waals surface area contributed by atoms with Gasteiger partial charge >= 0.3 is 5.69 Å². The van der Waals surface area contributed by atoms with Crippen LogP contribution < -0.4 is 5.69 Å². The van der Waals surface area contributed by atoms with Crippen LogP contribution in [-0.2, 0) is 6.54 Å². The van der Waals surface area contributed by atoms with Crippen molar-refractivity contribution in [3.05, 3.63) is 89.1 Å². The summed E-state index contributed by atoms with van der Waals surface area (Å²) in [6, 6.07) is 13.7. The molecule has 4 aromatic heterocycles. The molecule has 6 aromatic rings. The minimum atomic E-state index is -0.307. The molecular weight excluding hydrogens is 420 g/mol. The third kappa shape index (κ3) is 3.05. The second kappa shape index (κ2) is 7.27. The van der Waals surface area contributed by atoms with Gasteiger partial charge < -0.3 is 8.83 Å². The standard InChI is InChI=1S/C24H18N6O3/c1-14-8-17(9-19-21(14)27-13-33-19)20-22(16-6-4-3-5-7-16)25-11-29-23(20)28-30(24(29)31)10-18-15(2)32-12-26-18/h3-9,11-13H,10H2,1-2H3. The molecule has 0 aliphatic rings. The van der Waals surface area contributed by atoms with E-state index in [9.17, 15) is 4.79 Å². The highest BCUT2D eigenvalue weighted by Crippen LogP contribution is 2.35. The molecule has 33 heavy (non-hydrogen) atoms. The van der Waals surface area contributed by atoms with Crippen molar-refractivity contribution in [2.24, 2.45) is 0 Å². The van der Waals surface area contributed by atoms with E-state index in [4.69, 9.17) is 8.83 Å². The largest absolute Gasteiger partial charge is 0.448 e. The first-order chi connectivity index (χ1) is 16.1. The van der Waals surface area contributed by atoms with Gasteiger partial charge in [0.25, 0.3) is 0 Å². The van der Waals surface area contributed by atoms with E-state index < -0.39 is 0 Å². The van der Waals surface area contributed by atoms with E-state index in [1.54, 1.807) is 6.92 Å². The smallest absolute Gasteiger partial charge is 0.351 e. The second-order valence-corrected chi connectivity index (χ2v) is 7.82. The highest BCUT2D eigenvalue weighted by Gasteiger charge is 2.21. The Morgan fingerprint density at radius 2 is 1.76 bits per heavy atom. The Morgan fingerprint density at radius 1 is 0.939 bits per heavy atom. The molecule has 4 heterocycles. The Morgan fingerprint density at radius 3 is 2.55 bits per heavy atom. The summed E-state index contributed by atoms with van der Waals surface area (Å²) in [7, 11) is 0. The Hall–Kier alpha value is -4.53. The zero-order valence-corrected chi connectivity index (χ0v) is 17.9. The van der Waals surface area contributed by atoms with E-state index in [1.165, 1.54) is 28.2 Å². The van der Waals surface area contributed by atoms with E-state index >= 15 is 0 Å². The first-order valence-electron chi connectivity index (χ1n) is 10.4. The molecule has 0 N–H and O–H groups in total. The first kappa shape index (κ1) is 19.2. The predicted molar refractivity (Wildman–Crippen MR) is 121 cm³/mol. The summed E-state index contributed by atoms with van der Waals surface area (Å²) in [4.78, 5) is 26.3. The number of fused-ring (bicyclic) bond motifs is 2. The molecule has 0 fully saturated rings. The molecular formula is C24H18N6O3. The van der Waals surface area contributed by atoms with Gasteiger partial charge in [0.05, 0.1) is 17.8 Å². The van der Waals surface area contributed by atoms with E-state index in [0.717, 1.165) is 33.5 Å². The van der Waals surface area contributed by atoms with Gasteiger partial charge in [0.15, 0.2) is 24.0 Å². The second-order valence-electron chi connectivity index (χ2n) is 7.82. The molecule has 0 amide bonds. The molecule has 0 spiro atoms. The summed E-state index contributed by atoms with van der Waals surface area (Å²) in [6.07, 6.45) is 4.31. The molecule has 162 valence electrons. The summed E-state index contributed by atoms with van der Waals surface area (Å²) in [5.41, 5.74) is 6.45. The number of hydrogen-bond donors (Lipinski definition) is 0. The SMILES string of the molecule is Cc1ocnc1Cn1nc2c(-c3cc(C)c4ncoc4c3)c(-c3ccccc3)ncn2c1=O. The van der Waals surface area contributed by atoms with Crippen LogP contribution in [0.25, 0.3) is 39.1 Å². The highest BCUT2D eigenvalue weighted by molar-refractivity contribution is 5.93. The van der Waals surface area contributed by atoms with Gasteiger partial charge in [0.2, 0.25) is 0 Å².